The summed E-state index contributed by atoms with van der Waals surface area (Å²) in [5, 5.41) is 5.58. The summed E-state index contributed by atoms with van der Waals surface area (Å²) in [4.78, 5) is 22.5. The topological polar surface area (TPSA) is 58.2 Å². The number of hydrogen-bond donors (Lipinski definition) is 2. The molecule has 2 N–H and O–H groups in total. The Morgan fingerprint density at radius 2 is 1.64 bits per heavy atom. The summed E-state index contributed by atoms with van der Waals surface area (Å²) in [6.07, 6.45) is 0. The van der Waals surface area contributed by atoms with E-state index >= 15 is 0 Å². The van der Waals surface area contributed by atoms with Crippen LogP contribution in [-0.4, -0.2) is 30.8 Å². The molecule has 0 spiro atoms. The van der Waals surface area contributed by atoms with E-state index in [2.05, 4.69) is 10.6 Å². The molecular formula is C10H20N2O2. The van der Waals surface area contributed by atoms with Crippen LogP contribution in [0.1, 0.15) is 27.7 Å². The number of amides is 1. The van der Waals surface area contributed by atoms with E-state index in [0.717, 1.165) is 0 Å². The second kappa shape index (κ2) is 5.75. The lowest BCUT2D eigenvalue weighted by Gasteiger charge is -2.21. The summed E-state index contributed by atoms with van der Waals surface area (Å²) in [6, 6.07) is -0.645. The normalized spacial score (nSPS) is 15.0. The lowest BCUT2D eigenvalue weighted by Crippen LogP contribution is -2.50. The van der Waals surface area contributed by atoms with E-state index in [1.807, 2.05) is 13.8 Å². The molecule has 2 atom stereocenters. The van der Waals surface area contributed by atoms with Crippen molar-refractivity contribution in [3.8, 4) is 0 Å². The molecule has 0 saturated heterocycles. The second-order valence-electron chi connectivity index (χ2n) is 3.85. The SMILES string of the molecule is CNC(C(=O)N[C@H](C)C(C)=O)C(C)C. The van der Waals surface area contributed by atoms with Crippen LogP contribution in [0.3, 0.4) is 0 Å². The molecule has 0 aliphatic rings. The first-order valence-electron chi connectivity index (χ1n) is 4.88. The van der Waals surface area contributed by atoms with Crippen molar-refractivity contribution in [3.63, 3.8) is 0 Å². The van der Waals surface area contributed by atoms with E-state index in [0.29, 0.717) is 0 Å². The summed E-state index contributed by atoms with van der Waals surface area (Å²) < 4.78 is 0. The van der Waals surface area contributed by atoms with Crippen molar-refractivity contribution in [3.05, 3.63) is 0 Å². The third-order valence-corrected chi connectivity index (χ3v) is 2.23. The molecule has 4 heteroatoms. The largest absolute Gasteiger partial charge is 0.345 e. The number of nitrogens with one attached hydrogen (secondary N) is 2. The molecule has 4 nitrogen and oxygen atoms in total. The molecule has 0 rings (SSSR count). The van der Waals surface area contributed by atoms with E-state index in [-0.39, 0.29) is 23.7 Å². The Kier molecular flexibility index (Phi) is 5.38. The minimum atomic E-state index is -0.405. The molecule has 0 aromatic rings. The smallest absolute Gasteiger partial charge is 0.237 e. The monoisotopic (exact) mass is 200 g/mol. The van der Waals surface area contributed by atoms with Crippen molar-refractivity contribution in [2.45, 2.75) is 39.8 Å². The van der Waals surface area contributed by atoms with Crippen molar-refractivity contribution in [1.29, 1.82) is 0 Å². The summed E-state index contributed by atoms with van der Waals surface area (Å²) in [5.74, 6) is 0.0568. The van der Waals surface area contributed by atoms with Gasteiger partial charge in [0.1, 0.15) is 0 Å². The number of carbonyl (C=O) groups is 2. The van der Waals surface area contributed by atoms with Gasteiger partial charge in [0.15, 0.2) is 5.78 Å². The van der Waals surface area contributed by atoms with Gasteiger partial charge in [0, 0.05) is 0 Å². The van der Waals surface area contributed by atoms with Gasteiger partial charge in [-0.25, -0.2) is 0 Å². The fraction of sp³-hybridized carbons (Fsp3) is 0.800. The van der Waals surface area contributed by atoms with Crippen LogP contribution in [0.25, 0.3) is 0 Å². The van der Waals surface area contributed by atoms with Gasteiger partial charge >= 0.3 is 0 Å². The van der Waals surface area contributed by atoms with E-state index in [1.165, 1.54) is 6.92 Å². The Morgan fingerprint density at radius 3 is 1.93 bits per heavy atom. The van der Waals surface area contributed by atoms with E-state index in [4.69, 9.17) is 0 Å². The average molecular weight is 200 g/mol. The minimum Gasteiger partial charge on any atom is -0.345 e. The molecule has 0 saturated carbocycles. The van der Waals surface area contributed by atoms with Crippen molar-refractivity contribution in [2.24, 2.45) is 5.92 Å². The standard InChI is InChI=1S/C10H20N2O2/c1-6(2)9(11-5)10(14)12-7(3)8(4)13/h6-7,9,11H,1-5H3,(H,12,14)/t7-,9?/m1/s1. The molecule has 0 aliphatic carbocycles. The molecule has 0 radical (unpaired) electrons. The van der Waals surface area contributed by atoms with Crippen molar-refractivity contribution in [2.75, 3.05) is 7.05 Å². The summed E-state index contributed by atoms with van der Waals surface area (Å²) in [5.41, 5.74) is 0. The van der Waals surface area contributed by atoms with Gasteiger partial charge < -0.3 is 10.6 Å². The lowest BCUT2D eigenvalue weighted by molar-refractivity contribution is -0.128. The molecule has 0 aromatic heterocycles. The highest BCUT2D eigenvalue weighted by Crippen LogP contribution is 2.01. The number of likely N-dealkylation sites (N-methyl/N-ethyl adjacent to an activating group) is 1. The van der Waals surface area contributed by atoms with E-state index < -0.39 is 6.04 Å². The predicted octanol–water partition coefficient (Wildman–Crippen LogP) is 0.324. The Labute approximate surface area is 85.4 Å². The number of rotatable bonds is 5. The van der Waals surface area contributed by atoms with Gasteiger partial charge in [0.25, 0.3) is 0 Å². The maximum Gasteiger partial charge on any atom is 0.237 e. The van der Waals surface area contributed by atoms with Gasteiger partial charge in [-0.05, 0) is 26.8 Å². The van der Waals surface area contributed by atoms with Crippen LogP contribution in [0.15, 0.2) is 0 Å². The zero-order chi connectivity index (χ0) is 11.3. The summed E-state index contributed by atoms with van der Waals surface area (Å²) >= 11 is 0. The zero-order valence-corrected chi connectivity index (χ0v) is 9.55. The Hall–Kier alpha value is -0.900. The molecule has 1 amide bonds. The van der Waals surface area contributed by atoms with Crippen LogP contribution in [0.4, 0.5) is 0 Å². The number of carbonyl (C=O) groups excluding carboxylic acids is 2. The number of ketones is 1. The molecule has 0 aromatic carbocycles. The summed E-state index contributed by atoms with van der Waals surface area (Å²) in [6.45, 7) is 7.07. The number of hydrogen-bond acceptors (Lipinski definition) is 3. The Bertz CT molecular complexity index is 214. The average Bonchev–Trinajstić information content (AvgIpc) is 2.04. The van der Waals surface area contributed by atoms with Gasteiger partial charge in [0.2, 0.25) is 5.91 Å². The highest BCUT2D eigenvalue weighted by atomic mass is 16.2. The third kappa shape index (κ3) is 3.87. The lowest BCUT2D eigenvalue weighted by atomic mass is 10.0. The molecule has 0 bridgehead atoms. The van der Waals surface area contributed by atoms with Crippen LogP contribution in [-0.2, 0) is 9.59 Å². The maximum absolute atomic E-state index is 11.6. The molecule has 82 valence electrons. The molecule has 14 heavy (non-hydrogen) atoms. The maximum atomic E-state index is 11.6. The quantitative estimate of drug-likeness (QED) is 0.672. The zero-order valence-electron chi connectivity index (χ0n) is 9.55. The first-order chi connectivity index (χ1) is 6.40. The van der Waals surface area contributed by atoms with Crippen LogP contribution in [0.2, 0.25) is 0 Å². The van der Waals surface area contributed by atoms with Crippen molar-refractivity contribution in [1.82, 2.24) is 10.6 Å². The first-order valence-corrected chi connectivity index (χ1v) is 4.88. The van der Waals surface area contributed by atoms with Gasteiger partial charge in [-0.2, -0.15) is 0 Å². The molecule has 0 fully saturated rings. The Balaban J connectivity index is 4.24. The Morgan fingerprint density at radius 1 is 1.14 bits per heavy atom. The van der Waals surface area contributed by atoms with E-state index in [9.17, 15) is 9.59 Å². The van der Waals surface area contributed by atoms with Gasteiger partial charge in [0.05, 0.1) is 12.1 Å². The van der Waals surface area contributed by atoms with Crippen LogP contribution in [0.5, 0.6) is 0 Å². The minimum absolute atomic E-state index is 0.0306. The molecule has 0 aliphatic heterocycles. The fourth-order valence-corrected chi connectivity index (χ4v) is 1.17. The van der Waals surface area contributed by atoms with Gasteiger partial charge in [-0.3, -0.25) is 9.59 Å². The number of Topliss-reactive ketones (excluding diaryl/α,β-unsaturated/α-hetero) is 1. The van der Waals surface area contributed by atoms with E-state index in [1.54, 1.807) is 14.0 Å². The first kappa shape index (κ1) is 13.1. The van der Waals surface area contributed by atoms with Crippen LogP contribution in [0, 0.1) is 5.92 Å². The highest BCUT2D eigenvalue weighted by Gasteiger charge is 2.22. The molecular weight excluding hydrogens is 180 g/mol. The highest BCUT2D eigenvalue weighted by molar-refractivity contribution is 5.89. The third-order valence-electron chi connectivity index (χ3n) is 2.23. The second-order valence-corrected chi connectivity index (χ2v) is 3.85. The van der Waals surface area contributed by atoms with Gasteiger partial charge in [-0.15, -0.1) is 0 Å². The van der Waals surface area contributed by atoms with Crippen molar-refractivity contribution >= 4 is 11.7 Å². The summed E-state index contributed by atoms with van der Waals surface area (Å²) in [7, 11) is 1.74. The predicted molar refractivity (Wildman–Crippen MR) is 56.0 cm³/mol. The van der Waals surface area contributed by atoms with Crippen LogP contribution >= 0.6 is 0 Å². The van der Waals surface area contributed by atoms with Crippen molar-refractivity contribution < 1.29 is 9.59 Å². The van der Waals surface area contributed by atoms with Crippen LogP contribution < -0.4 is 10.6 Å². The van der Waals surface area contributed by atoms with Gasteiger partial charge in [-0.1, -0.05) is 13.8 Å². The molecule has 0 heterocycles. The molecule has 1 unspecified atom stereocenters. The fourth-order valence-electron chi connectivity index (χ4n) is 1.17.